The first kappa shape index (κ1) is 21.6. The molecule has 0 fully saturated rings. The van der Waals surface area contributed by atoms with Crippen molar-refractivity contribution in [3.8, 4) is 0 Å². The van der Waals surface area contributed by atoms with Gasteiger partial charge in [0.15, 0.2) is 0 Å². The lowest BCUT2D eigenvalue weighted by atomic mass is 9.63. The summed E-state index contributed by atoms with van der Waals surface area (Å²) in [6.07, 6.45) is 6.74. The van der Waals surface area contributed by atoms with Crippen LogP contribution in [0.4, 0.5) is 0 Å². The Hall–Kier alpha value is -3.14. The topological polar surface area (TPSA) is 74.6 Å². The molecule has 2 aromatic rings. The van der Waals surface area contributed by atoms with Crippen molar-refractivity contribution in [3.05, 3.63) is 82.4 Å². The van der Waals surface area contributed by atoms with E-state index in [0.29, 0.717) is 11.1 Å². The highest BCUT2D eigenvalue weighted by molar-refractivity contribution is 5.94. The zero-order chi connectivity index (χ0) is 22.1. The Morgan fingerprint density at radius 2 is 1.47 bits per heavy atom. The van der Waals surface area contributed by atoms with Crippen LogP contribution < -0.4 is 0 Å². The van der Waals surface area contributed by atoms with Crippen LogP contribution in [-0.2, 0) is 15.6 Å². The Bertz CT molecular complexity index is 1050. The van der Waals surface area contributed by atoms with Gasteiger partial charge in [-0.1, -0.05) is 58.0 Å². The summed E-state index contributed by atoms with van der Waals surface area (Å²) in [5.41, 5.74) is 5.28. The number of rotatable bonds is 5. The molecular formula is C26H28O4. The van der Waals surface area contributed by atoms with Gasteiger partial charge in [-0.3, -0.25) is 0 Å². The van der Waals surface area contributed by atoms with Crippen molar-refractivity contribution in [2.45, 2.75) is 51.4 Å². The fraction of sp³-hybridized carbons (Fsp3) is 0.308. The first-order valence-corrected chi connectivity index (χ1v) is 10.1. The summed E-state index contributed by atoms with van der Waals surface area (Å²) in [5, 5.41) is 18.4. The molecule has 2 N–H and O–H groups in total. The molecule has 156 valence electrons. The average molecular weight is 405 g/mol. The van der Waals surface area contributed by atoms with Gasteiger partial charge in [-0.2, -0.15) is 0 Å². The van der Waals surface area contributed by atoms with Gasteiger partial charge < -0.3 is 10.2 Å². The molecule has 0 saturated heterocycles. The van der Waals surface area contributed by atoms with Gasteiger partial charge in [0.1, 0.15) is 0 Å². The predicted octanol–water partition coefficient (Wildman–Crippen LogP) is 5.92. The molecule has 1 aliphatic rings. The number of aromatic carboxylic acids is 1. The lowest BCUT2D eigenvalue weighted by molar-refractivity contribution is -0.131. The minimum Gasteiger partial charge on any atom is -0.478 e. The van der Waals surface area contributed by atoms with E-state index in [0.717, 1.165) is 24.5 Å². The third kappa shape index (κ3) is 4.54. The fourth-order valence-electron chi connectivity index (χ4n) is 4.10. The maximum absolute atomic E-state index is 11.4. The smallest absolute Gasteiger partial charge is 0.335 e. The van der Waals surface area contributed by atoms with Crippen molar-refractivity contribution < 1.29 is 19.8 Å². The van der Waals surface area contributed by atoms with Crippen LogP contribution >= 0.6 is 0 Å². The van der Waals surface area contributed by atoms with E-state index in [1.54, 1.807) is 18.2 Å². The van der Waals surface area contributed by atoms with Crippen LogP contribution in [0.2, 0.25) is 0 Å². The van der Waals surface area contributed by atoms with E-state index in [1.807, 2.05) is 6.08 Å². The van der Waals surface area contributed by atoms with Gasteiger partial charge in [0.05, 0.1) is 5.56 Å². The predicted molar refractivity (Wildman–Crippen MR) is 120 cm³/mol. The summed E-state index contributed by atoms with van der Waals surface area (Å²) in [6, 6.07) is 13.0. The Morgan fingerprint density at radius 1 is 0.833 bits per heavy atom. The second-order valence-electron chi connectivity index (χ2n) is 9.23. The van der Waals surface area contributed by atoms with E-state index in [4.69, 9.17) is 5.11 Å². The third-order valence-corrected chi connectivity index (χ3v) is 6.05. The zero-order valence-electron chi connectivity index (χ0n) is 17.9. The van der Waals surface area contributed by atoms with Crippen LogP contribution in [0.3, 0.4) is 0 Å². The first-order chi connectivity index (χ1) is 14.0. The molecule has 0 radical (unpaired) electrons. The number of hydrogen-bond acceptors (Lipinski definition) is 2. The molecular weight excluding hydrogens is 376 g/mol. The monoisotopic (exact) mass is 404 g/mol. The Labute approximate surface area is 177 Å². The number of hydrogen-bond donors (Lipinski definition) is 2. The first-order valence-electron chi connectivity index (χ1n) is 10.1. The molecule has 4 nitrogen and oxygen atoms in total. The number of carboxylic acids is 2. The summed E-state index contributed by atoms with van der Waals surface area (Å²) in [5.74, 6) is -2.07. The van der Waals surface area contributed by atoms with Gasteiger partial charge in [0, 0.05) is 6.08 Å². The van der Waals surface area contributed by atoms with Crippen LogP contribution in [0, 0.1) is 0 Å². The molecule has 0 saturated carbocycles. The molecule has 0 bridgehead atoms. The summed E-state index contributed by atoms with van der Waals surface area (Å²) in [7, 11) is 0. The van der Waals surface area contributed by atoms with E-state index in [1.165, 1.54) is 23.3 Å². The van der Waals surface area contributed by atoms with Crippen molar-refractivity contribution in [1.29, 1.82) is 0 Å². The van der Waals surface area contributed by atoms with Crippen molar-refractivity contribution in [2.24, 2.45) is 0 Å². The highest BCUT2D eigenvalue weighted by Crippen LogP contribution is 2.46. The standard InChI is InChI=1S/C26H28O4/c1-25(2)12-13-26(3,4)22-15-17(8-10-21(22)25)14-19(9-11-23(27)28)18-6-5-7-20(16-18)24(29)30/h5-11,14-16H,12-13H2,1-4H3,(H,27,28)(H,29,30)/b11-9+,19-14-. The molecule has 0 aliphatic heterocycles. The van der Waals surface area contributed by atoms with Gasteiger partial charge in [-0.25, -0.2) is 9.59 Å². The van der Waals surface area contributed by atoms with Gasteiger partial charge in [-0.05, 0) is 75.8 Å². The maximum Gasteiger partial charge on any atom is 0.335 e. The molecule has 0 heterocycles. The number of aliphatic carboxylic acids is 1. The normalized spacial score (nSPS) is 17.5. The molecule has 2 aromatic carbocycles. The number of benzene rings is 2. The highest BCUT2D eigenvalue weighted by Gasteiger charge is 2.36. The SMILES string of the molecule is CC1(C)CCC(C)(C)c2cc(/C=C(/C=C/C(=O)O)c3cccc(C(=O)O)c3)ccc21. The number of fused-ring (bicyclic) bond motifs is 1. The molecule has 0 unspecified atom stereocenters. The summed E-state index contributed by atoms with van der Waals surface area (Å²) in [4.78, 5) is 22.5. The molecule has 0 spiro atoms. The molecule has 4 heteroatoms. The average Bonchev–Trinajstić information content (AvgIpc) is 2.68. The zero-order valence-corrected chi connectivity index (χ0v) is 17.9. The third-order valence-electron chi connectivity index (χ3n) is 6.05. The van der Waals surface area contributed by atoms with E-state index in [9.17, 15) is 14.7 Å². The van der Waals surface area contributed by atoms with Crippen LogP contribution in [0.1, 0.15) is 73.1 Å². The molecule has 3 rings (SSSR count). The molecule has 0 aromatic heterocycles. The number of carbonyl (C=O) groups is 2. The minimum atomic E-state index is -1.05. The minimum absolute atomic E-state index is 0.0645. The lowest BCUT2D eigenvalue weighted by Gasteiger charge is -2.42. The Morgan fingerprint density at radius 3 is 2.10 bits per heavy atom. The van der Waals surface area contributed by atoms with Crippen molar-refractivity contribution in [3.63, 3.8) is 0 Å². The van der Waals surface area contributed by atoms with Gasteiger partial charge >= 0.3 is 11.9 Å². The molecule has 0 atom stereocenters. The van der Waals surface area contributed by atoms with Crippen LogP contribution in [0.5, 0.6) is 0 Å². The van der Waals surface area contributed by atoms with Crippen LogP contribution in [0.15, 0.2) is 54.6 Å². The molecule has 30 heavy (non-hydrogen) atoms. The van der Waals surface area contributed by atoms with Gasteiger partial charge in [0.25, 0.3) is 0 Å². The van der Waals surface area contributed by atoms with Gasteiger partial charge in [0.2, 0.25) is 0 Å². The lowest BCUT2D eigenvalue weighted by Crippen LogP contribution is -2.33. The Balaban J connectivity index is 2.13. The van der Waals surface area contributed by atoms with E-state index in [2.05, 4.69) is 45.9 Å². The summed E-state index contributed by atoms with van der Waals surface area (Å²) in [6.45, 7) is 9.07. The summed E-state index contributed by atoms with van der Waals surface area (Å²) >= 11 is 0. The number of allylic oxidation sites excluding steroid dienone is 2. The largest absolute Gasteiger partial charge is 0.478 e. The van der Waals surface area contributed by atoms with Crippen molar-refractivity contribution in [1.82, 2.24) is 0 Å². The second-order valence-corrected chi connectivity index (χ2v) is 9.23. The fourth-order valence-corrected chi connectivity index (χ4v) is 4.10. The molecule has 1 aliphatic carbocycles. The highest BCUT2D eigenvalue weighted by atomic mass is 16.4. The van der Waals surface area contributed by atoms with Gasteiger partial charge in [-0.15, -0.1) is 0 Å². The Kier molecular flexibility index (Phi) is 5.71. The maximum atomic E-state index is 11.4. The molecule has 0 amide bonds. The van der Waals surface area contributed by atoms with Crippen LogP contribution in [-0.4, -0.2) is 22.2 Å². The van der Waals surface area contributed by atoms with Crippen LogP contribution in [0.25, 0.3) is 11.6 Å². The van der Waals surface area contributed by atoms with Crippen molar-refractivity contribution in [2.75, 3.05) is 0 Å². The quantitative estimate of drug-likeness (QED) is 0.369. The number of carboxylic acid groups (broad SMARTS) is 2. The van der Waals surface area contributed by atoms with E-state index in [-0.39, 0.29) is 16.4 Å². The van der Waals surface area contributed by atoms with Crippen molar-refractivity contribution >= 4 is 23.6 Å². The van der Waals surface area contributed by atoms with E-state index >= 15 is 0 Å². The second kappa shape index (κ2) is 7.94. The summed E-state index contributed by atoms with van der Waals surface area (Å²) < 4.78 is 0. The van der Waals surface area contributed by atoms with E-state index < -0.39 is 11.9 Å².